The van der Waals surface area contributed by atoms with Crippen molar-refractivity contribution >= 4 is 11.0 Å². The van der Waals surface area contributed by atoms with Gasteiger partial charge < -0.3 is 19.5 Å². The molecule has 1 atom stereocenters. The molecule has 0 fully saturated rings. The molecule has 2 N–H and O–H groups in total. The highest BCUT2D eigenvalue weighted by atomic mass is 16.3. The Kier molecular flexibility index (Phi) is 4.11. The van der Waals surface area contributed by atoms with E-state index in [0.29, 0.717) is 17.7 Å². The predicted octanol–water partition coefficient (Wildman–Crippen LogP) is 3.59. The summed E-state index contributed by atoms with van der Waals surface area (Å²) >= 11 is 0. The Bertz CT molecular complexity index is 818. The zero-order valence-corrected chi connectivity index (χ0v) is 13.6. The Hall–Kier alpha value is -2.30. The molecule has 1 aromatic heterocycles. The molecule has 3 rings (SSSR count). The molecule has 0 spiro atoms. The van der Waals surface area contributed by atoms with Gasteiger partial charge in [-0.2, -0.15) is 0 Å². The number of aliphatic hydroxyl groups excluding tert-OH is 1. The average Bonchev–Trinajstić information content (AvgIpc) is 2.94. The van der Waals surface area contributed by atoms with Gasteiger partial charge >= 0.3 is 0 Å². The average molecular weight is 311 g/mol. The van der Waals surface area contributed by atoms with Crippen molar-refractivity contribution in [2.45, 2.75) is 19.6 Å². The van der Waals surface area contributed by atoms with Gasteiger partial charge in [0.15, 0.2) is 0 Å². The van der Waals surface area contributed by atoms with Gasteiger partial charge in [-0.15, -0.1) is 0 Å². The van der Waals surface area contributed by atoms with Crippen molar-refractivity contribution in [1.29, 1.82) is 0 Å². The Morgan fingerprint density at radius 3 is 2.43 bits per heavy atom. The third-order valence-electron chi connectivity index (χ3n) is 4.01. The van der Waals surface area contributed by atoms with Crippen LogP contribution in [0.4, 0.5) is 0 Å². The lowest BCUT2D eigenvalue weighted by atomic mass is 9.97. The minimum absolute atomic E-state index is 0.213. The van der Waals surface area contributed by atoms with Crippen molar-refractivity contribution in [2.75, 3.05) is 14.1 Å². The lowest BCUT2D eigenvalue weighted by Crippen LogP contribution is -2.11. The quantitative estimate of drug-likeness (QED) is 0.773. The fraction of sp³-hybridized carbons (Fsp3) is 0.263. The number of phenols is 1. The van der Waals surface area contributed by atoms with Crippen molar-refractivity contribution in [1.82, 2.24) is 4.90 Å². The maximum Gasteiger partial charge on any atom is 0.134 e. The summed E-state index contributed by atoms with van der Waals surface area (Å²) in [5.74, 6) is 0.213. The number of rotatable bonds is 4. The van der Waals surface area contributed by atoms with Gasteiger partial charge in [0.2, 0.25) is 0 Å². The van der Waals surface area contributed by atoms with Crippen molar-refractivity contribution in [3.63, 3.8) is 0 Å². The molecule has 0 aliphatic rings. The minimum Gasteiger partial charge on any atom is -0.508 e. The number of aliphatic hydroxyl groups is 1. The molecular formula is C19H21NO3. The third kappa shape index (κ3) is 2.96. The molecule has 0 amide bonds. The Morgan fingerprint density at radius 1 is 1.09 bits per heavy atom. The van der Waals surface area contributed by atoms with Crippen LogP contribution in [0.2, 0.25) is 0 Å². The first kappa shape index (κ1) is 15.6. The van der Waals surface area contributed by atoms with Crippen molar-refractivity contribution < 1.29 is 14.6 Å². The summed E-state index contributed by atoms with van der Waals surface area (Å²) in [6.07, 6.45) is 0.785. The van der Waals surface area contributed by atoms with Crippen LogP contribution < -0.4 is 0 Å². The van der Waals surface area contributed by atoms with E-state index in [4.69, 9.17) is 4.42 Å². The fourth-order valence-corrected chi connectivity index (χ4v) is 2.82. The monoisotopic (exact) mass is 311 g/mol. The number of nitrogens with zero attached hydrogens (tertiary/aromatic N) is 1. The summed E-state index contributed by atoms with van der Waals surface area (Å²) in [4.78, 5) is 1.98. The molecule has 1 heterocycles. The van der Waals surface area contributed by atoms with Gasteiger partial charge in [0.05, 0.1) is 6.26 Å². The number of aromatic hydroxyl groups is 1. The second kappa shape index (κ2) is 6.07. The standard InChI is InChI=1S/C19H21NO3/c1-12-4-6-13(7-5-12)19(22)15-11-23-17-9-8-16(21)14(18(15)17)10-20(2)3/h4-9,11,19,21-22H,10H2,1-3H3/t19-/m1/s1. The topological polar surface area (TPSA) is 56.8 Å². The van der Waals surface area contributed by atoms with Crippen molar-refractivity contribution in [3.05, 3.63) is 64.9 Å². The summed E-state index contributed by atoms with van der Waals surface area (Å²) in [6, 6.07) is 11.1. The second-order valence-electron chi connectivity index (χ2n) is 6.18. The molecule has 0 unspecified atom stereocenters. The number of phenolic OH excluding ortho intramolecular Hbond substituents is 1. The Balaban J connectivity index is 2.13. The van der Waals surface area contributed by atoms with E-state index >= 15 is 0 Å². The lowest BCUT2D eigenvalue weighted by Gasteiger charge is -2.15. The molecule has 4 nitrogen and oxygen atoms in total. The van der Waals surface area contributed by atoms with E-state index in [2.05, 4.69) is 0 Å². The molecule has 2 aromatic carbocycles. The van der Waals surface area contributed by atoms with Crippen LogP contribution in [0.15, 0.2) is 47.1 Å². The number of fused-ring (bicyclic) bond motifs is 1. The van der Waals surface area contributed by atoms with Crippen molar-refractivity contribution in [2.24, 2.45) is 0 Å². The van der Waals surface area contributed by atoms with Crippen LogP contribution in [0, 0.1) is 6.92 Å². The molecule has 120 valence electrons. The van der Waals surface area contributed by atoms with Gasteiger partial charge in [-0.25, -0.2) is 0 Å². The molecule has 0 aliphatic carbocycles. The van der Waals surface area contributed by atoms with E-state index in [1.165, 1.54) is 0 Å². The molecule has 0 saturated carbocycles. The zero-order chi connectivity index (χ0) is 16.6. The minimum atomic E-state index is -0.792. The van der Waals surface area contributed by atoms with Crippen molar-refractivity contribution in [3.8, 4) is 5.75 Å². The van der Waals surface area contributed by atoms with Gasteiger partial charge in [-0.1, -0.05) is 29.8 Å². The summed E-state index contributed by atoms with van der Waals surface area (Å²) < 4.78 is 5.60. The highest BCUT2D eigenvalue weighted by Crippen LogP contribution is 2.36. The molecule has 0 aliphatic heterocycles. The Morgan fingerprint density at radius 2 is 1.78 bits per heavy atom. The van der Waals surface area contributed by atoms with E-state index in [9.17, 15) is 10.2 Å². The molecule has 0 saturated heterocycles. The molecule has 0 radical (unpaired) electrons. The first-order valence-electron chi connectivity index (χ1n) is 7.58. The second-order valence-corrected chi connectivity index (χ2v) is 6.18. The largest absolute Gasteiger partial charge is 0.508 e. The van der Waals surface area contributed by atoms with Gasteiger partial charge in [0, 0.05) is 23.1 Å². The first-order valence-corrected chi connectivity index (χ1v) is 7.58. The normalized spacial score (nSPS) is 12.9. The van der Waals surface area contributed by atoms with E-state index in [1.54, 1.807) is 18.4 Å². The molecular weight excluding hydrogens is 290 g/mol. The summed E-state index contributed by atoms with van der Waals surface area (Å²) in [5, 5.41) is 21.8. The molecule has 0 bridgehead atoms. The molecule has 4 heteroatoms. The number of furan rings is 1. The van der Waals surface area contributed by atoms with Gasteiger partial charge in [-0.3, -0.25) is 0 Å². The predicted molar refractivity (Wildman–Crippen MR) is 90.5 cm³/mol. The number of hydrogen-bond donors (Lipinski definition) is 2. The van der Waals surface area contributed by atoms with E-state index < -0.39 is 6.10 Å². The summed E-state index contributed by atoms with van der Waals surface area (Å²) in [5.41, 5.74) is 4.06. The van der Waals surface area contributed by atoms with Crippen LogP contribution in [0.5, 0.6) is 5.75 Å². The van der Waals surface area contributed by atoms with Crippen LogP contribution in [-0.2, 0) is 6.54 Å². The number of aryl methyl sites for hydroxylation is 1. The third-order valence-corrected chi connectivity index (χ3v) is 4.01. The smallest absolute Gasteiger partial charge is 0.134 e. The summed E-state index contributed by atoms with van der Waals surface area (Å²) in [7, 11) is 3.88. The van der Waals surface area contributed by atoms with Crippen LogP contribution >= 0.6 is 0 Å². The lowest BCUT2D eigenvalue weighted by molar-refractivity contribution is 0.220. The van der Waals surface area contributed by atoms with Crippen LogP contribution in [0.3, 0.4) is 0 Å². The van der Waals surface area contributed by atoms with E-state index in [-0.39, 0.29) is 5.75 Å². The van der Waals surface area contributed by atoms with Gasteiger partial charge in [-0.05, 0) is 38.7 Å². The molecule has 23 heavy (non-hydrogen) atoms. The van der Waals surface area contributed by atoms with Crippen LogP contribution in [-0.4, -0.2) is 29.2 Å². The summed E-state index contributed by atoms with van der Waals surface area (Å²) in [6.45, 7) is 2.58. The highest BCUT2D eigenvalue weighted by molar-refractivity contribution is 5.87. The highest BCUT2D eigenvalue weighted by Gasteiger charge is 2.21. The fourth-order valence-electron chi connectivity index (χ4n) is 2.82. The van der Waals surface area contributed by atoms with Crippen LogP contribution in [0.1, 0.15) is 28.4 Å². The maximum absolute atomic E-state index is 10.8. The SMILES string of the molecule is Cc1ccc([C@@H](O)c2coc3ccc(O)c(CN(C)C)c23)cc1. The zero-order valence-electron chi connectivity index (χ0n) is 13.6. The number of benzene rings is 2. The first-order chi connectivity index (χ1) is 11.0. The Labute approximate surface area is 135 Å². The van der Waals surface area contributed by atoms with E-state index in [0.717, 1.165) is 22.1 Å². The maximum atomic E-state index is 10.8. The van der Waals surface area contributed by atoms with E-state index in [1.807, 2.05) is 50.2 Å². The number of hydrogen-bond acceptors (Lipinski definition) is 4. The molecule has 3 aromatic rings. The van der Waals surface area contributed by atoms with Crippen LogP contribution in [0.25, 0.3) is 11.0 Å². The van der Waals surface area contributed by atoms with Gasteiger partial charge in [0.25, 0.3) is 0 Å². The van der Waals surface area contributed by atoms with Gasteiger partial charge in [0.1, 0.15) is 17.4 Å².